The van der Waals surface area contributed by atoms with Crippen molar-refractivity contribution in [1.82, 2.24) is 0 Å². The second kappa shape index (κ2) is 9.76. The van der Waals surface area contributed by atoms with E-state index in [0.717, 1.165) is 8.95 Å². The molecule has 0 heterocycles. The highest BCUT2D eigenvalue weighted by atomic mass is 79.9. The van der Waals surface area contributed by atoms with Crippen molar-refractivity contribution in [2.24, 2.45) is 0 Å². The Bertz CT molecular complexity index is 2380. The highest BCUT2D eigenvalue weighted by molar-refractivity contribution is 9.10. The van der Waals surface area contributed by atoms with Crippen LogP contribution in [-0.2, 0) is 10.8 Å². The van der Waals surface area contributed by atoms with Gasteiger partial charge in [0, 0.05) is 8.95 Å². The van der Waals surface area contributed by atoms with Crippen LogP contribution >= 0.6 is 31.9 Å². The van der Waals surface area contributed by atoms with Gasteiger partial charge in [-0.15, -0.1) is 0 Å². The summed E-state index contributed by atoms with van der Waals surface area (Å²) in [6.07, 6.45) is 0. The molecule has 7 aromatic carbocycles. The Balaban J connectivity index is 1.41. The molecule has 0 saturated heterocycles. The fourth-order valence-corrected chi connectivity index (χ4v) is 10.1. The van der Waals surface area contributed by atoms with Crippen LogP contribution in [0.15, 0.2) is 161 Å². The van der Waals surface area contributed by atoms with Gasteiger partial charge in [-0.1, -0.05) is 165 Å². The Labute approximate surface area is 292 Å². The maximum atomic E-state index is 3.85. The van der Waals surface area contributed by atoms with Crippen molar-refractivity contribution in [1.29, 1.82) is 0 Å². The van der Waals surface area contributed by atoms with Crippen molar-refractivity contribution in [3.8, 4) is 33.4 Å². The second-order valence-corrected chi connectivity index (χ2v) is 14.9. The lowest BCUT2D eigenvalue weighted by Gasteiger charge is -2.35. The monoisotopic (exact) mass is 726 g/mol. The van der Waals surface area contributed by atoms with E-state index >= 15 is 0 Å². The van der Waals surface area contributed by atoms with Gasteiger partial charge in [-0.25, -0.2) is 0 Å². The van der Waals surface area contributed by atoms with Gasteiger partial charge < -0.3 is 0 Å². The van der Waals surface area contributed by atoms with Crippen LogP contribution in [0.3, 0.4) is 0 Å². The first-order valence-corrected chi connectivity index (χ1v) is 17.7. The van der Waals surface area contributed by atoms with E-state index in [0.29, 0.717) is 0 Å². The van der Waals surface area contributed by atoms with Gasteiger partial charge >= 0.3 is 0 Å². The van der Waals surface area contributed by atoms with Crippen molar-refractivity contribution < 1.29 is 0 Å². The minimum Gasteiger partial charge on any atom is -0.0619 e. The molecule has 0 nitrogen and oxygen atoms in total. The number of benzene rings is 7. The predicted octanol–water partition coefficient (Wildman–Crippen LogP) is 12.2. The number of aryl methyl sites for hydroxylation is 1. The van der Waals surface area contributed by atoms with Crippen molar-refractivity contribution in [3.05, 3.63) is 211 Å². The largest absolute Gasteiger partial charge is 0.0725 e. The van der Waals surface area contributed by atoms with Crippen molar-refractivity contribution in [3.63, 3.8) is 0 Å². The molecule has 0 aliphatic heterocycles. The molecule has 0 fully saturated rings. The van der Waals surface area contributed by atoms with E-state index in [2.05, 4.69) is 190 Å². The van der Waals surface area contributed by atoms with Crippen LogP contribution in [-0.4, -0.2) is 0 Å². The molecule has 0 amide bonds. The van der Waals surface area contributed by atoms with Gasteiger partial charge in [0.05, 0.1) is 10.8 Å². The van der Waals surface area contributed by atoms with Gasteiger partial charge in [0.25, 0.3) is 0 Å². The van der Waals surface area contributed by atoms with Gasteiger partial charge in [0.15, 0.2) is 0 Å². The molecule has 3 aliphatic rings. The third-order valence-corrected chi connectivity index (χ3v) is 11.9. The Kier molecular flexibility index (Phi) is 5.73. The molecule has 0 saturated carbocycles. The highest BCUT2D eigenvalue weighted by Crippen LogP contribution is 2.67. The summed E-state index contributed by atoms with van der Waals surface area (Å²) in [5.41, 5.74) is 19.1. The minimum atomic E-state index is -0.503. The van der Waals surface area contributed by atoms with Crippen LogP contribution in [0, 0.1) is 6.92 Å². The third-order valence-electron chi connectivity index (χ3n) is 10.9. The molecule has 222 valence electrons. The van der Waals surface area contributed by atoms with E-state index in [1.807, 2.05) is 0 Å². The first-order chi connectivity index (χ1) is 23.0. The van der Waals surface area contributed by atoms with Crippen LogP contribution in [0.25, 0.3) is 33.4 Å². The lowest BCUT2D eigenvalue weighted by atomic mass is 9.66. The summed E-state index contributed by atoms with van der Waals surface area (Å²) in [6, 6.07) is 57.2. The molecular weight excluding hydrogens is 700 g/mol. The van der Waals surface area contributed by atoms with Crippen LogP contribution in [0.5, 0.6) is 0 Å². The average Bonchev–Trinajstić information content (AvgIpc) is 3.68. The van der Waals surface area contributed by atoms with Gasteiger partial charge in [-0.3, -0.25) is 0 Å². The van der Waals surface area contributed by atoms with E-state index in [-0.39, 0.29) is 5.41 Å². The topological polar surface area (TPSA) is 0 Å². The van der Waals surface area contributed by atoms with Crippen molar-refractivity contribution >= 4 is 31.9 Å². The van der Waals surface area contributed by atoms with E-state index in [1.54, 1.807) is 0 Å². The second-order valence-electron chi connectivity index (χ2n) is 13.1. The van der Waals surface area contributed by atoms with Crippen LogP contribution < -0.4 is 0 Å². The van der Waals surface area contributed by atoms with E-state index < -0.39 is 5.41 Å². The third kappa shape index (κ3) is 3.38. The summed E-state index contributed by atoms with van der Waals surface area (Å²) in [4.78, 5) is 0. The molecule has 0 bridgehead atoms. The maximum absolute atomic E-state index is 3.85. The van der Waals surface area contributed by atoms with Gasteiger partial charge in [0.1, 0.15) is 0 Å². The zero-order valence-corrected chi connectivity index (χ0v) is 28.9. The molecular formula is C45H28Br2. The Morgan fingerprint density at radius 3 is 1.38 bits per heavy atom. The molecule has 0 radical (unpaired) electrons. The number of fused-ring (bicyclic) bond motifs is 14. The first kappa shape index (κ1) is 27.6. The Morgan fingerprint density at radius 1 is 0.362 bits per heavy atom. The lowest BCUT2D eigenvalue weighted by Crippen LogP contribution is -2.29. The molecule has 1 spiro atoms. The average molecular weight is 729 g/mol. The molecule has 2 heteroatoms. The minimum absolute atomic E-state index is 0.380. The zero-order chi connectivity index (χ0) is 31.5. The number of hydrogen-bond donors (Lipinski definition) is 0. The van der Waals surface area contributed by atoms with E-state index in [9.17, 15) is 0 Å². The van der Waals surface area contributed by atoms with Crippen LogP contribution in [0.4, 0.5) is 0 Å². The molecule has 0 atom stereocenters. The Hall–Kier alpha value is -4.50. The first-order valence-electron chi connectivity index (χ1n) is 16.2. The zero-order valence-electron chi connectivity index (χ0n) is 25.7. The summed E-state index contributed by atoms with van der Waals surface area (Å²) in [5, 5.41) is 0. The summed E-state index contributed by atoms with van der Waals surface area (Å²) in [6.45, 7) is 2.22. The normalized spacial score (nSPS) is 15.0. The Morgan fingerprint density at radius 2 is 0.809 bits per heavy atom. The molecule has 0 N–H and O–H groups in total. The van der Waals surface area contributed by atoms with Gasteiger partial charge in [0.2, 0.25) is 0 Å². The molecule has 47 heavy (non-hydrogen) atoms. The predicted molar refractivity (Wildman–Crippen MR) is 200 cm³/mol. The summed E-state index contributed by atoms with van der Waals surface area (Å²) >= 11 is 7.69. The molecule has 3 aliphatic carbocycles. The van der Waals surface area contributed by atoms with E-state index in [4.69, 9.17) is 0 Å². The molecule has 0 aromatic heterocycles. The number of rotatable bonds is 2. The van der Waals surface area contributed by atoms with E-state index in [1.165, 1.54) is 83.5 Å². The standard InChI is InChI=1S/C45H28Br2/c1-27-20-21-39-35(24-27)43-40(44(39,28-10-8-12-30(46)25-28)29-11-9-13-31(47)26-29)22-23-41-42(43)34-16-4-7-19-38(34)45(41)36-17-5-2-14-32(36)33-15-3-6-18-37(33)45/h2-26H,1H3. The molecule has 0 unspecified atom stereocenters. The molecule has 10 rings (SSSR count). The fraction of sp³-hybridized carbons (Fsp3) is 0.0667. The van der Waals surface area contributed by atoms with Gasteiger partial charge in [-0.05, 0) is 109 Å². The summed E-state index contributed by atoms with van der Waals surface area (Å²) < 4.78 is 2.16. The van der Waals surface area contributed by atoms with Crippen LogP contribution in [0.1, 0.15) is 50.1 Å². The van der Waals surface area contributed by atoms with Gasteiger partial charge in [-0.2, -0.15) is 0 Å². The highest BCUT2D eigenvalue weighted by Gasteiger charge is 2.55. The molecule has 7 aromatic rings. The number of hydrogen-bond acceptors (Lipinski definition) is 0. The lowest BCUT2D eigenvalue weighted by molar-refractivity contribution is 0.762. The summed E-state index contributed by atoms with van der Waals surface area (Å²) in [7, 11) is 0. The quantitative estimate of drug-likeness (QED) is 0.166. The smallest absolute Gasteiger partial charge is 0.0619 e. The van der Waals surface area contributed by atoms with Crippen molar-refractivity contribution in [2.45, 2.75) is 17.8 Å². The van der Waals surface area contributed by atoms with Crippen molar-refractivity contribution in [2.75, 3.05) is 0 Å². The number of halogens is 2. The van der Waals surface area contributed by atoms with Crippen LogP contribution in [0.2, 0.25) is 0 Å². The summed E-state index contributed by atoms with van der Waals surface area (Å²) in [5.74, 6) is 0. The fourth-order valence-electron chi connectivity index (χ4n) is 9.34. The maximum Gasteiger partial charge on any atom is 0.0725 e. The SMILES string of the molecule is Cc1ccc2c(c1)-c1c(ccc3c1-c1ccccc1C31c3ccccc3-c3ccccc31)C2(c1cccc(Br)c1)c1cccc(Br)c1.